The van der Waals surface area contributed by atoms with Gasteiger partial charge < -0.3 is 9.80 Å². The number of nitrogens with zero attached hydrogens (tertiary/aromatic N) is 2. The van der Waals surface area contributed by atoms with Crippen molar-refractivity contribution in [2.75, 3.05) is 31.1 Å². The Hall–Kier alpha value is -2.38. The van der Waals surface area contributed by atoms with Crippen LogP contribution in [0.1, 0.15) is 44.1 Å². The second-order valence-corrected chi connectivity index (χ2v) is 10.5. The molecular weight excluding hydrogens is 422 g/mol. The molecule has 7 heteroatoms. The molecule has 2 fully saturated rings. The number of nitrogens with one attached hydrogen (secondary N) is 1. The molecule has 1 heterocycles. The molecule has 0 unspecified atom stereocenters. The van der Waals surface area contributed by atoms with Crippen LogP contribution in [0.25, 0.3) is 0 Å². The first-order valence-electron chi connectivity index (χ1n) is 11.7. The van der Waals surface area contributed by atoms with Gasteiger partial charge in [0.25, 0.3) is 0 Å². The Morgan fingerprint density at radius 2 is 1.53 bits per heavy atom. The Labute approximate surface area is 191 Å². The zero-order chi connectivity index (χ0) is 22.4. The van der Waals surface area contributed by atoms with Crippen LogP contribution in [0.2, 0.25) is 0 Å². The predicted molar refractivity (Wildman–Crippen MR) is 127 cm³/mol. The zero-order valence-electron chi connectivity index (χ0n) is 18.6. The summed E-state index contributed by atoms with van der Waals surface area (Å²) in [6, 6.07) is 17.3. The van der Waals surface area contributed by atoms with E-state index in [0.29, 0.717) is 17.7 Å². The van der Waals surface area contributed by atoms with Gasteiger partial charge in [-0.3, -0.25) is 4.79 Å². The summed E-state index contributed by atoms with van der Waals surface area (Å²) in [5.74, 6) is 0.161. The Morgan fingerprint density at radius 1 is 0.875 bits per heavy atom. The lowest BCUT2D eigenvalue weighted by molar-refractivity contribution is -0.131. The predicted octanol–water partition coefficient (Wildman–Crippen LogP) is 3.58. The highest BCUT2D eigenvalue weighted by molar-refractivity contribution is 7.89. The molecule has 4 rings (SSSR count). The number of carbonyl (C=O) groups excluding carboxylic acids is 1. The van der Waals surface area contributed by atoms with E-state index in [-0.39, 0.29) is 11.9 Å². The molecule has 0 radical (unpaired) electrons. The van der Waals surface area contributed by atoms with Crippen LogP contribution >= 0.6 is 0 Å². The van der Waals surface area contributed by atoms with Gasteiger partial charge >= 0.3 is 0 Å². The molecule has 2 aliphatic rings. The third-order valence-corrected chi connectivity index (χ3v) is 8.08. The van der Waals surface area contributed by atoms with Crippen LogP contribution in [-0.2, 0) is 21.2 Å². The van der Waals surface area contributed by atoms with E-state index in [9.17, 15) is 13.2 Å². The molecule has 6 nitrogen and oxygen atoms in total. The summed E-state index contributed by atoms with van der Waals surface area (Å²) in [7, 11) is -3.48. The Bertz CT molecular complexity index is 979. The average molecular weight is 456 g/mol. The number of sulfonamides is 1. The van der Waals surface area contributed by atoms with Crippen LogP contribution in [0.5, 0.6) is 0 Å². The number of anilines is 1. The molecular formula is C25H33N3O3S. The standard InChI is InChI=1S/C25H33N3O3S/c29-25(28-19-17-27(18-20-28)23-9-5-2-6-10-23)16-13-21-11-14-24(15-12-21)32(30,31)26-22-7-3-1-4-8-22/h2,5-6,9-12,14-15,22,26H,1,3-4,7-8,13,16-20H2. The fraction of sp³-hybridized carbons (Fsp3) is 0.480. The molecule has 0 bridgehead atoms. The van der Waals surface area contributed by atoms with Gasteiger partial charge in [0.05, 0.1) is 4.90 Å². The molecule has 2 aromatic rings. The van der Waals surface area contributed by atoms with Crippen molar-refractivity contribution in [3.05, 3.63) is 60.2 Å². The Morgan fingerprint density at radius 3 is 2.19 bits per heavy atom. The van der Waals surface area contributed by atoms with Gasteiger partial charge in [0, 0.05) is 44.3 Å². The van der Waals surface area contributed by atoms with E-state index in [1.807, 2.05) is 35.2 Å². The Balaban J connectivity index is 1.25. The van der Waals surface area contributed by atoms with Crippen molar-refractivity contribution in [2.45, 2.75) is 55.9 Å². The number of aryl methyl sites for hydroxylation is 1. The van der Waals surface area contributed by atoms with Gasteiger partial charge in [0.2, 0.25) is 15.9 Å². The molecule has 1 saturated heterocycles. The van der Waals surface area contributed by atoms with E-state index in [1.54, 1.807) is 12.1 Å². The van der Waals surface area contributed by atoms with E-state index >= 15 is 0 Å². The van der Waals surface area contributed by atoms with E-state index in [0.717, 1.165) is 57.4 Å². The highest BCUT2D eigenvalue weighted by Gasteiger charge is 2.23. The summed E-state index contributed by atoms with van der Waals surface area (Å²) in [5.41, 5.74) is 2.19. The molecule has 1 saturated carbocycles. The highest BCUT2D eigenvalue weighted by Crippen LogP contribution is 2.21. The number of hydrogen-bond acceptors (Lipinski definition) is 4. The number of rotatable bonds is 7. The molecule has 0 aromatic heterocycles. The van der Waals surface area contributed by atoms with Crippen LogP contribution in [0.4, 0.5) is 5.69 Å². The summed E-state index contributed by atoms with van der Waals surface area (Å²) in [6.45, 7) is 3.15. The van der Waals surface area contributed by atoms with Gasteiger partial charge in [-0.1, -0.05) is 49.6 Å². The average Bonchev–Trinajstić information content (AvgIpc) is 2.84. The topological polar surface area (TPSA) is 69.7 Å². The number of para-hydroxylation sites is 1. The minimum atomic E-state index is -3.48. The van der Waals surface area contributed by atoms with E-state index in [2.05, 4.69) is 21.8 Å². The third kappa shape index (κ3) is 5.90. The number of amides is 1. The SMILES string of the molecule is O=C(CCc1ccc(S(=O)(=O)NC2CCCCC2)cc1)N1CCN(c2ccccc2)CC1. The molecule has 2 aromatic carbocycles. The first-order chi connectivity index (χ1) is 15.5. The van der Waals surface area contributed by atoms with Crippen LogP contribution in [0.15, 0.2) is 59.5 Å². The monoisotopic (exact) mass is 455 g/mol. The summed E-state index contributed by atoms with van der Waals surface area (Å²) >= 11 is 0. The minimum absolute atomic E-state index is 0.0494. The van der Waals surface area contributed by atoms with Crippen molar-refractivity contribution >= 4 is 21.6 Å². The van der Waals surface area contributed by atoms with E-state index < -0.39 is 10.0 Å². The second kappa shape index (κ2) is 10.5. The van der Waals surface area contributed by atoms with Crippen molar-refractivity contribution in [1.82, 2.24) is 9.62 Å². The minimum Gasteiger partial charge on any atom is -0.368 e. The summed E-state index contributed by atoms with van der Waals surface area (Å²) in [5, 5.41) is 0. The number of hydrogen-bond donors (Lipinski definition) is 1. The van der Waals surface area contributed by atoms with Gasteiger partial charge in [0.15, 0.2) is 0 Å². The van der Waals surface area contributed by atoms with Crippen molar-refractivity contribution in [1.29, 1.82) is 0 Å². The van der Waals surface area contributed by atoms with Gasteiger partial charge in [-0.25, -0.2) is 13.1 Å². The van der Waals surface area contributed by atoms with Crippen molar-refractivity contribution in [2.24, 2.45) is 0 Å². The number of piperazine rings is 1. The fourth-order valence-electron chi connectivity index (χ4n) is 4.61. The van der Waals surface area contributed by atoms with Gasteiger partial charge in [-0.05, 0) is 49.1 Å². The van der Waals surface area contributed by atoms with Crippen molar-refractivity contribution in [3.8, 4) is 0 Å². The van der Waals surface area contributed by atoms with Crippen LogP contribution in [0, 0.1) is 0 Å². The van der Waals surface area contributed by atoms with Crippen molar-refractivity contribution in [3.63, 3.8) is 0 Å². The molecule has 0 spiro atoms. The molecule has 1 aliphatic heterocycles. The smallest absolute Gasteiger partial charge is 0.240 e. The first-order valence-corrected chi connectivity index (χ1v) is 13.2. The zero-order valence-corrected chi connectivity index (χ0v) is 19.4. The normalized spacial score (nSPS) is 18.0. The van der Waals surface area contributed by atoms with Crippen molar-refractivity contribution < 1.29 is 13.2 Å². The maximum Gasteiger partial charge on any atom is 0.240 e. The number of carbonyl (C=O) groups is 1. The molecule has 32 heavy (non-hydrogen) atoms. The maximum atomic E-state index is 12.7. The number of benzene rings is 2. The highest BCUT2D eigenvalue weighted by atomic mass is 32.2. The van der Waals surface area contributed by atoms with E-state index in [1.165, 1.54) is 12.1 Å². The van der Waals surface area contributed by atoms with Crippen LogP contribution < -0.4 is 9.62 Å². The summed E-state index contributed by atoms with van der Waals surface area (Å²) in [6.07, 6.45) is 6.25. The maximum absolute atomic E-state index is 12.7. The first kappa shape index (κ1) is 22.8. The summed E-state index contributed by atoms with van der Waals surface area (Å²) in [4.78, 5) is 17.2. The van der Waals surface area contributed by atoms with Gasteiger partial charge in [-0.15, -0.1) is 0 Å². The lowest BCUT2D eigenvalue weighted by Gasteiger charge is -2.36. The van der Waals surface area contributed by atoms with E-state index in [4.69, 9.17) is 0 Å². The summed E-state index contributed by atoms with van der Waals surface area (Å²) < 4.78 is 28.1. The molecule has 0 atom stereocenters. The van der Waals surface area contributed by atoms with Crippen LogP contribution in [-0.4, -0.2) is 51.4 Å². The second-order valence-electron chi connectivity index (χ2n) is 8.80. The molecule has 1 amide bonds. The molecule has 1 N–H and O–H groups in total. The fourth-order valence-corrected chi connectivity index (χ4v) is 5.91. The largest absolute Gasteiger partial charge is 0.368 e. The van der Waals surface area contributed by atoms with Crippen LogP contribution in [0.3, 0.4) is 0 Å². The lowest BCUT2D eigenvalue weighted by atomic mass is 9.96. The Kier molecular flexibility index (Phi) is 7.48. The lowest BCUT2D eigenvalue weighted by Crippen LogP contribution is -2.48. The van der Waals surface area contributed by atoms with Gasteiger partial charge in [0.1, 0.15) is 0 Å². The van der Waals surface area contributed by atoms with Gasteiger partial charge in [-0.2, -0.15) is 0 Å². The molecule has 172 valence electrons. The quantitative estimate of drug-likeness (QED) is 0.693. The third-order valence-electron chi connectivity index (χ3n) is 6.54. The molecule has 1 aliphatic carbocycles.